The molecule has 1 unspecified atom stereocenters. The Balaban J connectivity index is 0. The van der Waals surface area contributed by atoms with Gasteiger partial charge >= 0.3 is 46.3 Å². The molecular weight excluding hydrogens is 171 g/mol. The van der Waals surface area contributed by atoms with Gasteiger partial charge in [-0.05, 0) is 6.92 Å². The van der Waals surface area contributed by atoms with Crippen molar-refractivity contribution in [3.63, 3.8) is 0 Å². The summed E-state index contributed by atoms with van der Waals surface area (Å²) in [6, 6.07) is 0. The predicted molar refractivity (Wildman–Crippen MR) is 37.5 cm³/mol. The van der Waals surface area contributed by atoms with Crippen LogP contribution in [-0.2, 0) is 4.52 Å². The zero-order valence-electron chi connectivity index (χ0n) is 4.48. The van der Waals surface area contributed by atoms with Gasteiger partial charge in [0.25, 0.3) is 0 Å². The van der Waals surface area contributed by atoms with E-state index in [1.807, 2.05) is 0 Å². The first-order valence-corrected chi connectivity index (χ1v) is 3.28. The monoisotopic (exact) mass is 182 g/mol. The van der Waals surface area contributed by atoms with Crippen LogP contribution in [0.15, 0.2) is 0 Å². The van der Waals surface area contributed by atoms with Crippen molar-refractivity contribution in [1.29, 1.82) is 0 Å². The van der Waals surface area contributed by atoms with Gasteiger partial charge in [0.2, 0.25) is 0 Å². The number of hydrogen-bond acceptors (Lipinski definition) is 4. The maximum absolute atomic E-state index is 8.46. The Morgan fingerprint density at radius 2 is 2.00 bits per heavy atom. The third-order valence-corrected chi connectivity index (χ3v) is 0.811. The molecule has 0 heterocycles. The molecule has 0 radical (unpaired) electrons. The molecular formula is C3H11CaO4P. The van der Waals surface area contributed by atoms with Crippen LogP contribution in [0, 0.1) is 0 Å². The summed E-state index contributed by atoms with van der Waals surface area (Å²) >= 11 is 0. The molecule has 0 aromatic rings. The predicted octanol–water partition coefficient (Wildman–Crippen LogP) is -1.32. The van der Waals surface area contributed by atoms with E-state index in [1.54, 1.807) is 0 Å². The van der Waals surface area contributed by atoms with Crippen LogP contribution in [0.1, 0.15) is 6.92 Å². The Kier molecular flexibility index (Phi) is 11.1. The summed E-state index contributed by atoms with van der Waals surface area (Å²) < 4.78 is 4.23. The second-order valence-corrected chi connectivity index (χ2v) is 2.16. The molecule has 0 aliphatic heterocycles. The van der Waals surface area contributed by atoms with Gasteiger partial charge in [0.15, 0.2) is 0 Å². The number of aliphatic hydroxyl groups excluding tert-OH is 1. The summed E-state index contributed by atoms with van der Waals surface area (Å²) in [5.41, 5.74) is 0. The van der Waals surface area contributed by atoms with Crippen molar-refractivity contribution >= 4 is 46.3 Å². The van der Waals surface area contributed by atoms with Crippen molar-refractivity contribution < 1.29 is 19.4 Å². The summed E-state index contributed by atoms with van der Waals surface area (Å²) in [7, 11) is -2.29. The molecule has 54 valence electrons. The first-order chi connectivity index (χ1) is 3.63. The topological polar surface area (TPSA) is 69.9 Å². The molecule has 0 amide bonds. The van der Waals surface area contributed by atoms with E-state index in [0.717, 1.165) is 0 Å². The zero-order chi connectivity index (χ0) is 6.57. The van der Waals surface area contributed by atoms with Crippen LogP contribution in [0.2, 0.25) is 0 Å². The Labute approximate surface area is 84.8 Å². The van der Waals surface area contributed by atoms with Crippen LogP contribution < -0.4 is 0 Å². The van der Waals surface area contributed by atoms with Gasteiger partial charge in [-0.15, -0.1) is 0 Å². The molecule has 3 N–H and O–H groups in total. The SMILES string of the molecule is CC(O)COP(O)O.[CaH2]. The first-order valence-electron chi connectivity index (χ1n) is 2.12. The van der Waals surface area contributed by atoms with Gasteiger partial charge in [0, 0.05) is 0 Å². The molecule has 0 aliphatic carbocycles. The molecule has 0 rings (SSSR count). The number of rotatable bonds is 3. The quantitative estimate of drug-likeness (QED) is 0.374. The summed E-state index contributed by atoms with van der Waals surface area (Å²) in [4.78, 5) is 16.2. The second kappa shape index (κ2) is 7.63. The van der Waals surface area contributed by atoms with Crippen molar-refractivity contribution in [2.45, 2.75) is 13.0 Å². The van der Waals surface area contributed by atoms with Crippen molar-refractivity contribution in [2.24, 2.45) is 0 Å². The third-order valence-electron chi connectivity index (χ3n) is 0.431. The molecule has 0 spiro atoms. The Bertz CT molecular complexity index is 51.8. The molecule has 6 heteroatoms. The number of hydrogen-bond donors (Lipinski definition) is 3. The van der Waals surface area contributed by atoms with Crippen LogP contribution in [0.3, 0.4) is 0 Å². The molecule has 0 aromatic carbocycles. The zero-order valence-corrected chi connectivity index (χ0v) is 5.38. The second-order valence-electron chi connectivity index (χ2n) is 1.40. The average Bonchev–Trinajstić information content (AvgIpc) is 1.61. The fourth-order valence-corrected chi connectivity index (χ4v) is 0.524. The van der Waals surface area contributed by atoms with Gasteiger partial charge < -0.3 is 19.4 Å². The molecule has 0 saturated heterocycles. The van der Waals surface area contributed by atoms with Crippen molar-refractivity contribution in [3.8, 4) is 0 Å². The van der Waals surface area contributed by atoms with Crippen LogP contribution in [0.25, 0.3) is 0 Å². The molecule has 0 bridgehead atoms. The van der Waals surface area contributed by atoms with E-state index >= 15 is 0 Å². The summed E-state index contributed by atoms with van der Waals surface area (Å²) in [5, 5.41) is 8.46. The molecule has 0 aromatic heterocycles. The normalized spacial score (nSPS) is 13.0. The van der Waals surface area contributed by atoms with E-state index in [2.05, 4.69) is 4.52 Å². The Hall–Kier alpha value is 1.53. The minimum absolute atomic E-state index is 0. The fraction of sp³-hybridized carbons (Fsp3) is 1.00. The summed E-state index contributed by atoms with van der Waals surface area (Å²) in [5.74, 6) is 0. The standard InChI is InChI=1S/C3H9O4P.Ca.2H/c1-3(4)2-7-8(5)6;;;/h3-6H,2H2,1H3;;;. The van der Waals surface area contributed by atoms with E-state index < -0.39 is 14.7 Å². The summed E-state index contributed by atoms with van der Waals surface area (Å²) in [6.45, 7) is 1.47. The molecule has 9 heavy (non-hydrogen) atoms. The van der Waals surface area contributed by atoms with E-state index in [1.165, 1.54) is 6.92 Å². The van der Waals surface area contributed by atoms with Gasteiger partial charge in [0.1, 0.15) is 0 Å². The van der Waals surface area contributed by atoms with E-state index in [0.29, 0.717) is 0 Å². The summed E-state index contributed by atoms with van der Waals surface area (Å²) in [6.07, 6.45) is -0.640. The average molecular weight is 182 g/mol. The van der Waals surface area contributed by atoms with E-state index in [9.17, 15) is 0 Å². The van der Waals surface area contributed by atoms with Gasteiger partial charge in [-0.2, -0.15) is 0 Å². The minimum atomic E-state index is -2.29. The molecule has 0 aliphatic rings. The van der Waals surface area contributed by atoms with Gasteiger partial charge in [-0.25, -0.2) is 0 Å². The Morgan fingerprint density at radius 3 is 2.11 bits per heavy atom. The van der Waals surface area contributed by atoms with E-state index in [-0.39, 0.29) is 44.3 Å². The van der Waals surface area contributed by atoms with Crippen molar-refractivity contribution in [1.82, 2.24) is 0 Å². The van der Waals surface area contributed by atoms with Gasteiger partial charge in [0.05, 0.1) is 12.7 Å². The van der Waals surface area contributed by atoms with Gasteiger partial charge in [-0.1, -0.05) is 0 Å². The van der Waals surface area contributed by atoms with Crippen LogP contribution in [-0.4, -0.2) is 65.3 Å². The van der Waals surface area contributed by atoms with Crippen molar-refractivity contribution in [3.05, 3.63) is 0 Å². The molecule has 1 atom stereocenters. The number of aliphatic hydroxyl groups is 1. The molecule has 4 nitrogen and oxygen atoms in total. The Morgan fingerprint density at radius 1 is 1.56 bits per heavy atom. The first kappa shape index (κ1) is 13.1. The van der Waals surface area contributed by atoms with Crippen LogP contribution in [0.4, 0.5) is 0 Å². The van der Waals surface area contributed by atoms with Gasteiger partial charge in [-0.3, -0.25) is 0 Å². The van der Waals surface area contributed by atoms with E-state index in [4.69, 9.17) is 14.9 Å². The van der Waals surface area contributed by atoms with Crippen LogP contribution in [0.5, 0.6) is 0 Å². The molecule has 0 fully saturated rings. The molecule has 0 saturated carbocycles. The fourth-order valence-electron chi connectivity index (χ4n) is 0.175. The van der Waals surface area contributed by atoms with Crippen LogP contribution >= 0.6 is 8.60 Å². The third kappa shape index (κ3) is 12.7. The maximum atomic E-state index is 8.46. The van der Waals surface area contributed by atoms with Crippen molar-refractivity contribution in [2.75, 3.05) is 6.61 Å².